The zero-order valence-electron chi connectivity index (χ0n) is 6.93. The summed E-state index contributed by atoms with van der Waals surface area (Å²) in [7, 11) is 0. The van der Waals surface area contributed by atoms with Gasteiger partial charge in [-0.1, -0.05) is 11.6 Å². The minimum atomic E-state index is -0.476. The fraction of sp³-hybridized carbons (Fsp3) is 0.333. The maximum Gasteiger partial charge on any atom is 0.137 e. The van der Waals surface area contributed by atoms with E-state index in [0.29, 0.717) is 18.4 Å². The van der Waals surface area contributed by atoms with E-state index >= 15 is 0 Å². The molecule has 1 aromatic carbocycles. The van der Waals surface area contributed by atoms with Gasteiger partial charge in [0.05, 0.1) is 5.02 Å². The summed E-state index contributed by atoms with van der Waals surface area (Å²) < 4.78 is 12.8. The number of hydrogen-bond donors (Lipinski definition) is 2. The first-order valence-corrected chi connectivity index (χ1v) is 4.30. The molecule has 0 fully saturated rings. The van der Waals surface area contributed by atoms with Crippen LogP contribution in [0.4, 0.5) is 4.39 Å². The highest BCUT2D eigenvalue weighted by molar-refractivity contribution is 6.32. The lowest BCUT2D eigenvalue weighted by Gasteiger charge is -2.05. The molecule has 0 unspecified atom stereocenters. The number of aliphatic hydroxyl groups is 1. The van der Waals surface area contributed by atoms with Gasteiger partial charge in [0, 0.05) is 6.61 Å². The van der Waals surface area contributed by atoms with Gasteiger partial charge in [-0.15, -0.1) is 0 Å². The number of hydrogen-bond acceptors (Lipinski definition) is 2. The lowest BCUT2D eigenvalue weighted by Crippen LogP contribution is -1.91. The molecule has 2 N–H and O–H groups in total. The number of aliphatic hydroxyl groups excluding tert-OH is 1. The first-order chi connectivity index (χ1) is 6.15. The van der Waals surface area contributed by atoms with Crippen molar-refractivity contribution in [1.82, 2.24) is 0 Å². The number of aryl methyl sites for hydroxylation is 1. The Kier molecular flexibility index (Phi) is 3.51. The topological polar surface area (TPSA) is 40.5 Å². The normalized spacial score (nSPS) is 10.4. The summed E-state index contributed by atoms with van der Waals surface area (Å²) in [6, 6.07) is 2.27. The molecule has 0 saturated carbocycles. The van der Waals surface area contributed by atoms with E-state index < -0.39 is 5.82 Å². The molecule has 4 heteroatoms. The summed E-state index contributed by atoms with van der Waals surface area (Å²) in [6.45, 7) is 0.00751. The monoisotopic (exact) mass is 204 g/mol. The summed E-state index contributed by atoms with van der Waals surface area (Å²) >= 11 is 5.55. The number of phenols is 1. The standard InChI is InChI=1S/C9H10ClFO2/c10-8-5-7(11)4-6(9(8)13)2-1-3-12/h4-5,12-13H,1-3H2. The van der Waals surface area contributed by atoms with Gasteiger partial charge in [-0.3, -0.25) is 0 Å². The van der Waals surface area contributed by atoms with Crippen LogP contribution in [-0.2, 0) is 6.42 Å². The predicted octanol–water partition coefficient (Wildman–Crippen LogP) is 2.11. The molecule has 2 nitrogen and oxygen atoms in total. The zero-order chi connectivity index (χ0) is 9.84. The van der Waals surface area contributed by atoms with Crippen LogP contribution >= 0.6 is 11.6 Å². The van der Waals surface area contributed by atoms with Crippen LogP contribution in [0.25, 0.3) is 0 Å². The Balaban J connectivity index is 2.92. The molecule has 0 saturated heterocycles. The molecule has 0 heterocycles. The van der Waals surface area contributed by atoms with E-state index in [2.05, 4.69) is 0 Å². The van der Waals surface area contributed by atoms with Crippen molar-refractivity contribution in [1.29, 1.82) is 0 Å². The van der Waals surface area contributed by atoms with Crippen molar-refractivity contribution in [3.63, 3.8) is 0 Å². The highest BCUT2D eigenvalue weighted by atomic mass is 35.5. The van der Waals surface area contributed by atoms with Crippen LogP contribution in [0.1, 0.15) is 12.0 Å². The number of phenolic OH excluding ortho intramolecular Hbond substituents is 1. The number of benzene rings is 1. The Hall–Kier alpha value is -0.800. The molecule has 0 aliphatic carbocycles. The Morgan fingerprint density at radius 1 is 1.38 bits per heavy atom. The fourth-order valence-corrected chi connectivity index (χ4v) is 1.30. The molecule has 72 valence electrons. The first-order valence-electron chi connectivity index (χ1n) is 3.93. The molecule has 1 rings (SSSR count). The number of aromatic hydroxyl groups is 1. The van der Waals surface area contributed by atoms with Crippen molar-refractivity contribution in [2.24, 2.45) is 0 Å². The summed E-state index contributed by atoms with van der Waals surface area (Å²) in [4.78, 5) is 0. The van der Waals surface area contributed by atoms with Crippen LogP contribution in [-0.4, -0.2) is 16.8 Å². The van der Waals surface area contributed by atoms with E-state index in [1.807, 2.05) is 0 Å². The second kappa shape index (κ2) is 4.44. The Bertz CT molecular complexity index is 302. The third-order valence-corrected chi connectivity index (χ3v) is 2.00. The molecule has 0 aromatic heterocycles. The maximum atomic E-state index is 12.8. The van der Waals surface area contributed by atoms with E-state index in [-0.39, 0.29) is 17.4 Å². The van der Waals surface area contributed by atoms with Gasteiger partial charge < -0.3 is 10.2 Å². The van der Waals surface area contributed by atoms with E-state index in [9.17, 15) is 9.50 Å². The van der Waals surface area contributed by atoms with Crippen molar-refractivity contribution >= 4 is 11.6 Å². The quantitative estimate of drug-likeness (QED) is 0.792. The molecule has 1 aromatic rings. The van der Waals surface area contributed by atoms with Crippen LogP contribution in [0.3, 0.4) is 0 Å². The molecule has 13 heavy (non-hydrogen) atoms. The minimum absolute atomic E-state index is 0.00735. The number of rotatable bonds is 3. The van der Waals surface area contributed by atoms with Crippen LogP contribution in [0, 0.1) is 5.82 Å². The van der Waals surface area contributed by atoms with Crippen molar-refractivity contribution in [3.05, 3.63) is 28.5 Å². The smallest absolute Gasteiger partial charge is 0.137 e. The lowest BCUT2D eigenvalue weighted by atomic mass is 10.1. The molecule has 0 radical (unpaired) electrons. The van der Waals surface area contributed by atoms with Gasteiger partial charge in [0.1, 0.15) is 11.6 Å². The second-order valence-corrected chi connectivity index (χ2v) is 3.13. The van der Waals surface area contributed by atoms with E-state index in [1.54, 1.807) is 0 Å². The number of halogens is 2. The van der Waals surface area contributed by atoms with Gasteiger partial charge in [-0.2, -0.15) is 0 Å². The third kappa shape index (κ3) is 2.57. The molecule has 0 spiro atoms. The Morgan fingerprint density at radius 2 is 2.08 bits per heavy atom. The zero-order valence-corrected chi connectivity index (χ0v) is 7.68. The predicted molar refractivity (Wildman–Crippen MR) is 48.5 cm³/mol. The summed E-state index contributed by atoms with van der Waals surface area (Å²) in [5, 5.41) is 17.9. The van der Waals surface area contributed by atoms with Crippen LogP contribution in [0.2, 0.25) is 5.02 Å². The van der Waals surface area contributed by atoms with E-state index in [0.717, 1.165) is 6.07 Å². The molecule has 0 aliphatic heterocycles. The average Bonchev–Trinajstić information content (AvgIpc) is 2.09. The molecule has 0 atom stereocenters. The highest BCUT2D eigenvalue weighted by Gasteiger charge is 2.07. The molecule has 0 bridgehead atoms. The van der Waals surface area contributed by atoms with Crippen LogP contribution < -0.4 is 0 Å². The van der Waals surface area contributed by atoms with Gasteiger partial charge in [0.15, 0.2) is 0 Å². The molecule has 0 aliphatic rings. The lowest BCUT2D eigenvalue weighted by molar-refractivity contribution is 0.288. The maximum absolute atomic E-state index is 12.8. The summed E-state index contributed by atoms with van der Waals surface area (Å²) in [5.41, 5.74) is 0.430. The Morgan fingerprint density at radius 3 is 2.69 bits per heavy atom. The highest BCUT2D eigenvalue weighted by Crippen LogP contribution is 2.29. The largest absolute Gasteiger partial charge is 0.506 e. The molecular weight excluding hydrogens is 195 g/mol. The second-order valence-electron chi connectivity index (χ2n) is 2.72. The minimum Gasteiger partial charge on any atom is -0.506 e. The third-order valence-electron chi connectivity index (χ3n) is 1.71. The molecule has 0 amide bonds. The Labute approximate surface area is 80.6 Å². The van der Waals surface area contributed by atoms with Crippen molar-refractivity contribution in [2.75, 3.05) is 6.61 Å². The first kappa shape index (κ1) is 10.3. The van der Waals surface area contributed by atoms with Crippen LogP contribution in [0.15, 0.2) is 12.1 Å². The summed E-state index contributed by atoms with van der Waals surface area (Å²) in [6.07, 6.45) is 0.896. The van der Waals surface area contributed by atoms with E-state index in [1.165, 1.54) is 6.07 Å². The van der Waals surface area contributed by atoms with Gasteiger partial charge >= 0.3 is 0 Å². The van der Waals surface area contributed by atoms with E-state index in [4.69, 9.17) is 16.7 Å². The fourth-order valence-electron chi connectivity index (χ4n) is 1.08. The van der Waals surface area contributed by atoms with Gasteiger partial charge in [-0.25, -0.2) is 4.39 Å². The van der Waals surface area contributed by atoms with Gasteiger partial charge in [-0.05, 0) is 30.5 Å². The van der Waals surface area contributed by atoms with Crippen LogP contribution in [0.5, 0.6) is 5.75 Å². The van der Waals surface area contributed by atoms with Gasteiger partial charge in [0.2, 0.25) is 0 Å². The van der Waals surface area contributed by atoms with Crippen molar-refractivity contribution < 1.29 is 14.6 Å². The SMILES string of the molecule is OCCCc1cc(F)cc(Cl)c1O. The summed E-state index contributed by atoms with van der Waals surface area (Å²) in [5.74, 6) is -0.577. The van der Waals surface area contributed by atoms with Gasteiger partial charge in [0.25, 0.3) is 0 Å². The average molecular weight is 205 g/mol. The van der Waals surface area contributed by atoms with Crippen molar-refractivity contribution in [3.8, 4) is 5.75 Å². The molecular formula is C9H10ClFO2. The van der Waals surface area contributed by atoms with Crippen molar-refractivity contribution in [2.45, 2.75) is 12.8 Å².